The van der Waals surface area contributed by atoms with Gasteiger partial charge in [0.15, 0.2) is 11.6 Å². The Morgan fingerprint density at radius 3 is 2.58 bits per heavy atom. The third kappa shape index (κ3) is 6.48. The minimum Gasteiger partial charge on any atom is -0.463 e. The van der Waals surface area contributed by atoms with E-state index in [1.54, 1.807) is 4.90 Å². The number of fused-ring (bicyclic) bond motifs is 6. The van der Waals surface area contributed by atoms with Crippen molar-refractivity contribution in [3.63, 3.8) is 0 Å². The molecule has 2 bridgehead atoms. The van der Waals surface area contributed by atoms with Gasteiger partial charge in [-0.05, 0) is 64.0 Å². The van der Waals surface area contributed by atoms with E-state index in [9.17, 15) is 10.1 Å². The Morgan fingerprint density at radius 1 is 1.09 bits per heavy atom. The lowest BCUT2D eigenvalue weighted by Crippen LogP contribution is -2.56. The van der Waals surface area contributed by atoms with Crippen LogP contribution < -0.4 is 15.4 Å². The first-order valence-corrected chi connectivity index (χ1v) is 19.8. The van der Waals surface area contributed by atoms with Crippen LogP contribution in [0.3, 0.4) is 0 Å². The van der Waals surface area contributed by atoms with Crippen LogP contribution in [0.5, 0.6) is 6.01 Å². The highest BCUT2D eigenvalue weighted by molar-refractivity contribution is 7.23. The van der Waals surface area contributed by atoms with E-state index in [2.05, 4.69) is 20.9 Å². The van der Waals surface area contributed by atoms with E-state index in [0.29, 0.717) is 48.6 Å². The lowest BCUT2D eigenvalue weighted by molar-refractivity contribution is 0.0209. The van der Waals surface area contributed by atoms with Gasteiger partial charge >= 0.3 is 12.1 Å². The molecule has 1 saturated carbocycles. The third-order valence-corrected chi connectivity index (χ3v) is 12.5. The molecule has 4 fully saturated rings. The Hall–Kier alpha value is -4.43. The fourth-order valence-corrected chi connectivity index (χ4v) is 9.70. The van der Waals surface area contributed by atoms with Gasteiger partial charge < -0.3 is 39.4 Å². The molecule has 16 heteroatoms. The highest BCUT2D eigenvalue weighted by atomic mass is 32.1. The molecule has 13 nitrogen and oxygen atoms in total. The molecular formula is C39H44F2N8O5S. The summed E-state index contributed by atoms with van der Waals surface area (Å²) in [6.45, 7) is 11.2. The number of carbonyl (C=O) groups excluding carboxylic acids is 1. The molecule has 0 radical (unpaired) electrons. The molecule has 2 unspecified atom stereocenters. The summed E-state index contributed by atoms with van der Waals surface area (Å²) in [5.41, 5.74) is 6.99. The SMILES string of the molecule is CC(C)(C)OC(=O)N1CC2CCC(C1)N2c1nc(OCC2(CN3CCCOCC3)CC2)nc2c(F)c(-c3ncc(F)c4sc(N)c(C#N)c34)c3c(c12)COC3. The van der Waals surface area contributed by atoms with E-state index in [4.69, 9.17) is 34.6 Å². The van der Waals surface area contributed by atoms with Gasteiger partial charge in [0.1, 0.15) is 28.0 Å². The number of nitrogens with two attached hydrogens (primary N) is 1. The van der Waals surface area contributed by atoms with Gasteiger partial charge in [0, 0.05) is 67.8 Å². The number of amides is 1. The summed E-state index contributed by atoms with van der Waals surface area (Å²) in [6.07, 6.45) is 5.28. The molecule has 290 valence electrons. The van der Waals surface area contributed by atoms with Crippen LogP contribution in [-0.2, 0) is 27.4 Å². The zero-order valence-corrected chi connectivity index (χ0v) is 32.1. The van der Waals surface area contributed by atoms with Gasteiger partial charge in [0.05, 0.1) is 54.0 Å². The molecule has 4 aliphatic heterocycles. The number of nitrogen functional groups attached to an aromatic ring is 1. The molecule has 7 heterocycles. The molecule has 55 heavy (non-hydrogen) atoms. The van der Waals surface area contributed by atoms with E-state index in [1.165, 1.54) is 0 Å². The van der Waals surface area contributed by atoms with Gasteiger partial charge in [0.25, 0.3) is 0 Å². The van der Waals surface area contributed by atoms with Crippen molar-refractivity contribution in [3.8, 4) is 23.3 Å². The Kier molecular flexibility index (Phi) is 8.99. The Morgan fingerprint density at radius 2 is 1.85 bits per heavy atom. The van der Waals surface area contributed by atoms with Crippen molar-refractivity contribution >= 4 is 49.2 Å². The van der Waals surface area contributed by atoms with Crippen molar-refractivity contribution in [2.75, 3.05) is 63.2 Å². The van der Waals surface area contributed by atoms with Gasteiger partial charge in [-0.2, -0.15) is 15.2 Å². The smallest absolute Gasteiger partial charge is 0.410 e. The van der Waals surface area contributed by atoms with Crippen LogP contribution in [-0.4, -0.2) is 101 Å². The number of nitrogens with zero attached hydrogens (tertiary/aromatic N) is 7. The van der Waals surface area contributed by atoms with E-state index in [-0.39, 0.29) is 80.2 Å². The fraction of sp³-hybridized carbons (Fsp3) is 0.564. The maximum absolute atomic E-state index is 17.6. The molecule has 0 spiro atoms. The number of piperazine rings is 1. The zero-order valence-electron chi connectivity index (χ0n) is 31.3. The summed E-state index contributed by atoms with van der Waals surface area (Å²) in [5, 5.41) is 10.9. The number of thiophene rings is 1. The van der Waals surface area contributed by atoms with Crippen LogP contribution in [0.1, 0.15) is 69.6 Å². The molecule has 2 N–H and O–H groups in total. The highest BCUT2D eigenvalue weighted by Crippen LogP contribution is 2.49. The van der Waals surface area contributed by atoms with Gasteiger partial charge in [0.2, 0.25) is 0 Å². The predicted molar refractivity (Wildman–Crippen MR) is 202 cm³/mol. The summed E-state index contributed by atoms with van der Waals surface area (Å²) in [7, 11) is 0. The molecule has 2 atom stereocenters. The van der Waals surface area contributed by atoms with E-state index in [1.807, 2.05) is 20.8 Å². The van der Waals surface area contributed by atoms with Crippen LogP contribution in [0.15, 0.2) is 6.20 Å². The van der Waals surface area contributed by atoms with Crippen molar-refractivity contribution in [2.45, 2.75) is 83.8 Å². The lowest BCUT2D eigenvalue weighted by atomic mass is 9.93. The number of aromatic nitrogens is 3. The summed E-state index contributed by atoms with van der Waals surface area (Å²) < 4.78 is 56.8. The number of anilines is 2. The second-order valence-electron chi connectivity index (χ2n) is 16.5. The first-order valence-electron chi connectivity index (χ1n) is 19.0. The number of benzene rings is 1. The third-order valence-electron chi connectivity index (χ3n) is 11.5. The van der Waals surface area contributed by atoms with Gasteiger partial charge in [-0.1, -0.05) is 0 Å². The summed E-state index contributed by atoms with van der Waals surface area (Å²) in [4.78, 5) is 33.9. The molecule has 5 aliphatic rings. The van der Waals surface area contributed by atoms with E-state index < -0.39 is 17.2 Å². The molecular weight excluding hydrogens is 731 g/mol. The Bertz CT molecular complexity index is 2230. The molecule has 9 rings (SSSR count). The minimum absolute atomic E-state index is 0.0312. The zero-order chi connectivity index (χ0) is 38.2. The lowest BCUT2D eigenvalue weighted by Gasteiger charge is -2.42. The van der Waals surface area contributed by atoms with Gasteiger partial charge in [-0.25, -0.2) is 13.6 Å². The van der Waals surface area contributed by atoms with Crippen LogP contribution in [0.2, 0.25) is 0 Å². The highest BCUT2D eigenvalue weighted by Gasteiger charge is 2.47. The van der Waals surface area contributed by atoms with Crippen LogP contribution >= 0.6 is 11.3 Å². The molecule has 3 saturated heterocycles. The first kappa shape index (κ1) is 36.2. The minimum atomic E-state index is -0.688. The maximum atomic E-state index is 17.6. The first-order chi connectivity index (χ1) is 26.4. The van der Waals surface area contributed by atoms with E-state index >= 15 is 8.78 Å². The average Bonchev–Trinajstić information content (AvgIpc) is 3.59. The number of hydrogen-bond donors (Lipinski definition) is 1. The Labute approximate surface area is 321 Å². The van der Waals surface area contributed by atoms with Crippen molar-refractivity contribution in [1.29, 1.82) is 5.26 Å². The summed E-state index contributed by atoms with van der Waals surface area (Å²) in [5.74, 6) is -0.797. The molecule has 1 aromatic carbocycles. The van der Waals surface area contributed by atoms with Crippen molar-refractivity contribution < 1.29 is 32.5 Å². The molecule has 1 amide bonds. The summed E-state index contributed by atoms with van der Waals surface area (Å²) in [6, 6.07) is 1.92. The summed E-state index contributed by atoms with van der Waals surface area (Å²) >= 11 is 0.933. The van der Waals surface area contributed by atoms with E-state index in [0.717, 1.165) is 75.9 Å². The van der Waals surface area contributed by atoms with Crippen LogP contribution in [0, 0.1) is 28.4 Å². The molecule has 1 aliphatic carbocycles. The normalized spacial score (nSPS) is 22.2. The maximum Gasteiger partial charge on any atom is 0.410 e. The number of hydrogen-bond acceptors (Lipinski definition) is 13. The molecule has 4 aromatic rings. The average molecular weight is 775 g/mol. The van der Waals surface area contributed by atoms with Crippen molar-refractivity contribution in [1.82, 2.24) is 24.8 Å². The number of rotatable bonds is 7. The number of nitriles is 1. The number of halogens is 2. The second kappa shape index (κ2) is 13.6. The van der Waals surface area contributed by atoms with Crippen molar-refractivity contribution in [2.24, 2.45) is 5.41 Å². The Balaban J connectivity index is 1.17. The monoisotopic (exact) mass is 774 g/mol. The second-order valence-corrected chi connectivity index (χ2v) is 17.6. The number of pyridine rings is 1. The fourth-order valence-electron chi connectivity index (χ4n) is 8.78. The number of carbonyl (C=O) groups is 1. The largest absolute Gasteiger partial charge is 0.463 e. The molecule has 3 aromatic heterocycles. The predicted octanol–water partition coefficient (Wildman–Crippen LogP) is 6.14. The van der Waals surface area contributed by atoms with Crippen LogP contribution in [0.4, 0.5) is 24.4 Å². The quantitative estimate of drug-likeness (QED) is 0.230. The van der Waals surface area contributed by atoms with Crippen molar-refractivity contribution in [3.05, 3.63) is 34.5 Å². The number of likely N-dealkylation sites (tertiary alicyclic amines) is 1. The van der Waals surface area contributed by atoms with Gasteiger partial charge in [-0.3, -0.25) is 4.98 Å². The van der Waals surface area contributed by atoms with Gasteiger partial charge in [-0.15, -0.1) is 11.3 Å². The van der Waals surface area contributed by atoms with Crippen LogP contribution in [0.25, 0.3) is 32.2 Å². The number of ether oxygens (including phenoxy) is 4. The topological polar surface area (TPSA) is 152 Å². The standard InChI is InChI=1S/C39H44F2N8O5S/c1-38(2,3)54-37(50)48-15-21-5-6-22(16-48)49(21)35-29-25-18-52-17-24(25)27(31-28-23(13-42)34(43)55-33(28)26(40)14-44-31)30(41)32(29)45-36(46-35)53-20-39(7-8-39)19-47-9-4-11-51-12-10-47/h14,21-22H,4-12,15-20,43H2,1-3H3.